The van der Waals surface area contributed by atoms with E-state index in [2.05, 4.69) is 10.1 Å². The maximum Gasteiger partial charge on any atom is 0.208 e. The first-order valence-electron chi connectivity index (χ1n) is 7.67. The van der Waals surface area contributed by atoms with Gasteiger partial charge >= 0.3 is 0 Å². The first-order chi connectivity index (χ1) is 11.6. The third kappa shape index (κ3) is 2.47. The highest BCUT2D eigenvalue weighted by Crippen LogP contribution is 2.29. The fraction of sp³-hybridized carbons (Fsp3) is 0.167. The van der Waals surface area contributed by atoms with Gasteiger partial charge in [-0.2, -0.15) is 5.10 Å². The second-order valence-electron chi connectivity index (χ2n) is 5.82. The normalized spacial score (nSPS) is 15.8. The molecule has 5 nitrogen and oxygen atoms in total. The molecule has 1 aliphatic rings. The van der Waals surface area contributed by atoms with Crippen LogP contribution < -0.4 is 0 Å². The molecule has 24 heavy (non-hydrogen) atoms. The molecule has 0 amide bonds. The summed E-state index contributed by atoms with van der Waals surface area (Å²) in [5.41, 5.74) is 4.08. The number of hydrogen-bond donors (Lipinski definition) is 0. The van der Waals surface area contributed by atoms with Crippen molar-refractivity contribution in [3.05, 3.63) is 64.8 Å². The smallest absolute Gasteiger partial charge is 0.208 e. The number of ketones is 1. The summed E-state index contributed by atoms with van der Waals surface area (Å²) in [5, 5.41) is 4.55. The van der Waals surface area contributed by atoms with Crippen LogP contribution in [-0.4, -0.2) is 25.1 Å². The number of allylic oxidation sites excluding steroid dienone is 1. The summed E-state index contributed by atoms with van der Waals surface area (Å²) in [6.07, 6.45) is 7.84. The summed E-state index contributed by atoms with van der Waals surface area (Å²) >= 11 is 6.11. The van der Waals surface area contributed by atoms with E-state index < -0.39 is 0 Å². The van der Waals surface area contributed by atoms with E-state index in [0.717, 1.165) is 22.4 Å². The SMILES string of the molecule is Cn1cnc(-c2ccccc2/C=C2\CCn3ncc(Cl)c3C2=O)c1. The van der Waals surface area contributed by atoms with Crippen LogP contribution in [0.5, 0.6) is 0 Å². The number of benzene rings is 1. The van der Waals surface area contributed by atoms with Crippen molar-refractivity contribution >= 4 is 23.5 Å². The van der Waals surface area contributed by atoms with E-state index in [-0.39, 0.29) is 5.78 Å². The van der Waals surface area contributed by atoms with Gasteiger partial charge in [0.15, 0.2) is 0 Å². The summed E-state index contributed by atoms with van der Waals surface area (Å²) in [6, 6.07) is 7.95. The Bertz CT molecular complexity index is 967. The quantitative estimate of drug-likeness (QED) is 0.671. The van der Waals surface area contributed by atoms with Crippen LogP contribution in [0.1, 0.15) is 22.5 Å². The van der Waals surface area contributed by atoms with Gasteiger partial charge in [-0.1, -0.05) is 35.9 Å². The average molecular weight is 339 g/mol. The molecule has 0 radical (unpaired) electrons. The highest BCUT2D eigenvalue weighted by atomic mass is 35.5. The number of nitrogens with zero attached hydrogens (tertiary/aromatic N) is 4. The monoisotopic (exact) mass is 338 g/mol. The number of imidazole rings is 1. The Kier molecular flexibility index (Phi) is 3.58. The van der Waals surface area contributed by atoms with Crippen molar-refractivity contribution in [1.82, 2.24) is 19.3 Å². The largest absolute Gasteiger partial charge is 0.340 e. The van der Waals surface area contributed by atoms with Crippen LogP contribution in [0.2, 0.25) is 5.02 Å². The van der Waals surface area contributed by atoms with Crippen LogP contribution in [0, 0.1) is 0 Å². The number of Topliss-reactive ketones (excluding diaryl/α,β-unsaturated/α-hetero) is 1. The Morgan fingerprint density at radius 3 is 2.92 bits per heavy atom. The molecule has 1 aromatic carbocycles. The van der Waals surface area contributed by atoms with E-state index in [1.165, 1.54) is 6.20 Å². The van der Waals surface area contributed by atoms with Crippen molar-refractivity contribution < 1.29 is 4.79 Å². The molecular weight excluding hydrogens is 324 g/mol. The van der Waals surface area contributed by atoms with Crippen LogP contribution in [0.3, 0.4) is 0 Å². The van der Waals surface area contributed by atoms with Crippen LogP contribution in [0.15, 0.2) is 48.6 Å². The Morgan fingerprint density at radius 2 is 2.12 bits per heavy atom. The standard InChI is InChI=1S/C18H15ClN4O/c1-22-10-16(20-11-22)14-5-3-2-4-12(14)8-13-6-7-23-17(18(13)24)15(19)9-21-23/h2-5,8-11H,6-7H2,1H3/b13-8+. The lowest BCUT2D eigenvalue weighted by Gasteiger charge is -2.16. The van der Waals surface area contributed by atoms with Gasteiger partial charge < -0.3 is 4.57 Å². The summed E-state index contributed by atoms with van der Waals surface area (Å²) in [6.45, 7) is 0.658. The zero-order valence-corrected chi connectivity index (χ0v) is 13.9. The van der Waals surface area contributed by atoms with Crippen LogP contribution in [0.25, 0.3) is 17.3 Å². The number of fused-ring (bicyclic) bond motifs is 1. The van der Waals surface area contributed by atoms with E-state index in [1.54, 1.807) is 11.0 Å². The molecule has 0 N–H and O–H groups in total. The molecule has 6 heteroatoms. The maximum absolute atomic E-state index is 12.7. The molecule has 0 unspecified atom stereocenters. The van der Waals surface area contributed by atoms with Gasteiger partial charge in [0.05, 0.1) is 23.2 Å². The minimum absolute atomic E-state index is 0.0560. The zero-order chi connectivity index (χ0) is 16.7. The van der Waals surface area contributed by atoms with Gasteiger partial charge in [-0.15, -0.1) is 0 Å². The van der Waals surface area contributed by atoms with Gasteiger partial charge in [-0.05, 0) is 18.1 Å². The molecule has 3 heterocycles. The third-order valence-electron chi connectivity index (χ3n) is 4.17. The molecule has 0 saturated carbocycles. The van der Waals surface area contributed by atoms with Crippen molar-refractivity contribution in [2.24, 2.45) is 7.05 Å². The van der Waals surface area contributed by atoms with Gasteiger partial charge in [0.25, 0.3) is 0 Å². The van der Waals surface area contributed by atoms with Gasteiger partial charge in [0, 0.05) is 30.9 Å². The summed E-state index contributed by atoms with van der Waals surface area (Å²) < 4.78 is 3.58. The second kappa shape index (κ2) is 5.76. The van der Waals surface area contributed by atoms with Gasteiger partial charge in [-0.25, -0.2) is 4.98 Å². The number of aryl methyl sites for hydroxylation is 2. The van der Waals surface area contributed by atoms with Crippen LogP contribution in [0.4, 0.5) is 0 Å². The predicted molar refractivity (Wildman–Crippen MR) is 92.8 cm³/mol. The Labute approximate surface area is 144 Å². The summed E-state index contributed by atoms with van der Waals surface area (Å²) in [5.74, 6) is -0.0560. The molecular formula is C18H15ClN4O. The molecule has 4 rings (SSSR count). The fourth-order valence-corrected chi connectivity index (χ4v) is 3.21. The van der Waals surface area contributed by atoms with Gasteiger partial charge in [-0.3, -0.25) is 9.48 Å². The van der Waals surface area contributed by atoms with Crippen molar-refractivity contribution in [2.45, 2.75) is 13.0 Å². The second-order valence-corrected chi connectivity index (χ2v) is 6.23. The van der Waals surface area contributed by atoms with Crippen molar-refractivity contribution in [1.29, 1.82) is 0 Å². The van der Waals surface area contributed by atoms with E-state index in [9.17, 15) is 4.79 Å². The Balaban J connectivity index is 1.77. The number of rotatable bonds is 2. The zero-order valence-electron chi connectivity index (χ0n) is 13.1. The molecule has 3 aromatic rings. The minimum atomic E-state index is -0.0560. The molecule has 120 valence electrons. The number of carbonyl (C=O) groups is 1. The fourth-order valence-electron chi connectivity index (χ4n) is 2.98. The molecule has 0 bridgehead atoms. The lowest BCUT2D eigenvalue weighted by atomic mass is 9.96. The van der Waals surface area contributed by atoms with E-state index in [1.807, 2.05) is 48.2 Å². The number of hydrogen-bond acceptors (Lipinski definition) is 3. The lowest BCUT2D eigenvalue weighted by Crippen LogP contribution is -2.20. The highest BCUT2D eigenvalue weighted by molar-refractivity contribution is 6.34. The number of carbonyl (C=O) groups excluding carboxylic acids is 1. The Hall–Kier alpha value is -2.66. The maximum atomic E-state index is 12.7. The average Bonchev–Trinajstić information content (AvgIpc) is 3.17. The molecule has 2 aromatic heterocycles. The first-order valence-corrected chi connectivity index (χ1v) is 8.05. The number of halogens is 1. The topological polar surface area (TPSA) is 52.7 Å². The van der Waals surface area contributed by atoms with E-state index >= 15 is 0 Å². The van der Waals surface area contributed by atoms with Crippen LogP contribution >= 0.6 is 11.6 Å². The molecule has 0 fully saturated rings. The highest BCUT2D eigenvalue weighted by Gasteiger charge is 2.26. The lowest BCUT2D eigenvalue weighted by molar-refractivity contribution is 0.101. The third-order valence-corrected chi connectivity index (χ3v) is 4.44. The Morgan fingerprint density at radius 1 is 1.29 bits per heavy atom. The van der Waals surface area contributed by atoms with Gasteiger partial charge in [0.2, 0.25) is 5.78 Å². The minimum Gasteiger partial charge on any atom is -0.340 e. The van der Waals surface area contributed by atoms with Crippen molar-refractivity contribution in [3.8, 4) is 11.3 Å². The summed E-state index contributed by atoms with van der Waals surface area (Å²) in [4.78, 5) is 17.1. The molecule has 1 aliphatic heterocycles. The van der Waals surface area contributed by atoms with Crippen molar-refractivity contribution in [2.75, 3.05) is 0 Å². The number of aromatic nitrogens is 4. The molecule has 0 saturated heterocycles. The van der Waals surface area contributed by atoms with Crippen LogP contribution in [-0.2, 0) is 13.6 Å². The van der Waals surface area contributed by atoms with E-state index in [0.29, 0.717) is 23.7 Å². The predicted octanol–water partition coefficient (Wildman–Crippen LogP) is 3.61. The van der Waals surface area contributed by atoms with Gasteiger partial charge in [0.1, 0.15) is 5.69 Å². The summed E-state index contributed by atoms with van der Waals surface area (Å²) in [7, 11) is 1.94. The molecule has 0 spiro atoms. The first kappa shape index (κ1) is 14.9. The van der Waals surface area contributed by atoms with Crippen molar-refractivity contribution in [3.63, 3.8) is 0 Å². The molecule has 0 aliphatic carbocycles. The molecule has 0 atom stereocenters. The van der Waals surface area contributed by atoms with E-state index in [4.69, 9.17) is 11.6 Å².